The van der Waals surface area contributed by atoms with E-state index < -0.39 is 5.82 Å². The Bertz CT molecular complexity index is 1090. The van der Waals surface area contributed by atoms with Gasteiger partial charge in [0.25, 0.3) is 0 Å². The zero-order valence-corrected chi connectivity index (χ0v) is 17.9. The number of halogens is 1. The van der Waals surface area contributed by atoms with Gasteiger partial charge in [-0.15, -0.1) is 10.2 Å². The summed E-state index contributed by atoms with van der Waals surface area (Å²) in [7, 11) is 3.18. The summed E-state index contributed by atoms with van der Waals surface area (Å²) >= 11 is 0. The van der Waals surface area contributed by atoms with E-state index in [0.717, 1.165) is 17.1 Å². The number of piperazine rings is 1. The van der Waals surface area contributed by atoms with Crippen LogP contribution < -0.4 is 19.7 Å². The minimum Gasteiger partial charge on any atom is -0.493 e. The van der Waals surface area contributed by atoms with E-state index in [4.69, 9.17) is 9.47 Å². The van der Waals surface area contributed by atoms with Gasteiger partial charge in [0.05, 0.1) is 25.6 Å². The van der Waals surface area contributed by atoms with Crippen molar-refractivity contribution >= 4 is 17.5 Å². The van der Waals surface area contributed by atoms with Gasteiger partial charge in [0, 0.05) is 31.7 Å². The van der Waals surface area contributed by atoms with Gasteiger partial charge in [0.2, 0.25) is 0 Å². The molecule has 1 aromatic heterocycles. The van der Waals surface area contributed by atoms with Gasteiger partial charge >= 0.3 is 6.03 Å². The quantitative estimate of drug-likeness (QED) is 0.656. The van der Waals surface area contributed by atoms with Crippen LogP contribution in [0.1, 0.15) is 0 Å². The molecular formula is C23H24FN5O3. The highest BCUT2D eigenvalue weighted by Gasteiger charge is 2.23. The topological polar surface area (TPSA) is 79.8 Å². The molecule has 32 heavy (non-hydrogen) atoms. The third-order valence-corrected chi connectivity index (χ3v) is 5.34. The van der Waals surface area contributed by atoms with E-state index in [9.17, 15) is 9.18 Å². The lowest BCUT2D eigenvalue weighted by molar-refractivity contribution is 0.208. The monoisotopic (exact) mass is 437 g/mol. The molecule has 3 aromatic rings. The second-order valence-electron chi connectivity index (χ2n) is 7.23. The van der Waals surface area contributed by atoms with E-state index in [1.165, 1.54) is 6.07 Å². The summed E-state index contributed by atoms with van der Waals surface area (Å²) < 4.78 is 24.4. The Morgan fingerprint density at radius 2 is 1.69 bits per heavy atom. The molecule has 2 aromatic carbocycles. The zero-order valence-electron chi connectivity index (χ0n) is 17.9. The van der Waals surface area contributed by atoms with Crippen molar-refractivity contribution in [3.63, 3.8) is 0 Å². The molecule has 8 nitrogen and oxygen atoms in total. The summed E-state index contributed by atoms with van der Waals surface area (Å²) in [5, 5.41) is 11.3. The number of para-hydroxylation sites is 1. The van der Waals surface area contributed by atoms with Crippen molar-refractivity contribution in [1.29, 1.82) is 0 Å². The number of amides is 2. The highest BCUT2D eigenvalue weighted by atomic mass is 19.1. The molecule has 9 heteroatoms. The van der Waals surface area contributed by atoms with E-state index in [1.54, 1.807) is 37.3 Å². The van der Waals surface area contributed by atoms with Crippen molar-refractivity contribution in [2.45, 2.75) is 0 Å². The lowest BCUT2D eigenvalue weighted by Gasteiger charge is -2.35. The van der Waals surface area contributed by atoms with Crippen LogP contribution in [0.4, 0.5) is 20.7 Å². The van der Waals surface area contributed by atoms with Crippen LogP contribution >= 0.6 is 0 Å². The Morgan fingerprint density at radius 1 is 0.938 bits per heavy atom. The fourth-order valence-corrected chi connectivity index (χ4v) is 3.54. The largest absolute Gasteiger partial charge is 0.493 e. The van der Waals surface area contributed by atoms with Gasteiger partial charge in [-0.2, -0.15) is 0 Å². The first-order valence-corrected chi connectivity index (χ1v) is 10.2. The molecule has 4 rings (SSSR count). The van der Waals surface area contributed by atoms with Crippen LogP contribution in [-0.2, 0) is 0 Å². The van der Waals surface area contributed by atoms with Crippen molar-refractivity contribution in [3.8, 4) is 22.8 Å². The summed E-state index contributed by atoms with van der Waals surface area (Å²) in [5.41, 5.74) is 1.77. The molecule has 0 spiro atoms. The number of carbonyl (C=O) groups is 1. The molecule has 2 amide bonds. The van der Waals surface area contributed by atoms with E-state index in [0.29, 0.717) is 37.7 Å². The SMILES string of the molecule is COc1ccc(-c2ccc(N3CCN(C(=O)Nc4ccccc4F)CC3)nn2)cc1OC. The lowest BCUT2D eigenvalue weighted by atomic mass is 10.1. The van der Waals surface area contributed by atoms with Crippen LogP contribution in [0.5, 0.6) is 11.5 Å². The predicted molar refractivity (Wildman–Crippen MR) is 120 cm³/mol. The van der Waals surface area contributed by atoms with E-state index in [-0.39, 0.29) is 11.7 Å². The first-order valence-electron chi connectivity index (χ1n) is 10.2. The molecule has 1 fully saturated rings. The minimum absolute atomic E-state index is 0.177. The second kappa shape index (κ2) is 9.51. The van der Waals surface area contributed by atoms with Gasteiger partial charge in [-0.05, 0) is 42.5 Å². The molecule has 0 atom stereocenters. The predicted octanol–water partition coefficient (Wildman–Crippen LogP) is 3.65. The van der Waals surface area contributed by atoms with Crippen LogP contribution in [0.25, 0.3) is 11.3 Å². The minimum atomic E-state index is -0.454. The molecule has 166 valence electrons. The molecular weight excluding hydrogens is 413 g/mol. The molecule has 1 aliphatic rings. The van der Waals surface area contributed by atoms with Gasteiger partial charge in [0.1, 0.15) is 5.82 Å². The van der Waals surface area contributed by atoms with Gasteiger partial charge in [-0.1, -0.05) is 12.1 Å². The average Bonchev–Trinajstić information content (AvgIpc) is 2.85. The van der Waals surface area contributed by atoms with Crippen LogP contribution in [0, 0.1) is 5.82 Å². The van der Waals surface area contributed by atoms with Gasteiger partial charge in [-0.25, -0.2) is 9.18 Å². The Hall–Kier alpha value is -3.88. The summed E-state index contributed by atoms with van der Waals surface area (Å²) in [6.45, 7) is 2.21. The van der Waals surface area contributed by atoms with Crippen LogP contribution in [0.2, 0.25) is 0 Å². The number of ether oxygens (including phenoxy) is 2. The molecule has 1 saturated heterocycles. The normalized spacial score (nSPS) is 13.6. The number of nitrogens with zero attached hydrogens (tertiary/aromatic N) is 4. The van der Waals surface area contributed by atoms with E-state index >= 15 is 0 Å². The number of hydrogen-bond acceptors (Lipinski definition) is 6. The Kier molecular flexibility index (Phi) is 6.34. The first-order chi connectivity index (χ1) is 15.6. The van der Waals surface area contributed by atoms with Crippen LogP contribution in [0.3, 0.4) is 0 Å². The summed E-state index contributed by atoms with van der Waals surface area (Å²) in [4.78, 5) is 16.2. The van der Waals surface area contributed by atoms with Crippen molar-refractivity contribution < 1.29 is 18.7 Å². The van der Waals surface area contributed by atoms with Crippen molar-refractivity contribution in [1.82, 2.24) is 15.1 Å². The standard InChI is InChI=1S/C23H24FN5O3/c1-31-20-9-7-16(15-21(20)32-2)18-8-10-22(27-26-18)28-11-13-29(14-12-28)23(30)25-19-6-4-3-5-17(19)24/h3-10,15H,11-14H2,1-2H3,(H,25,30). The second-order valence-corrected chi connectivity index (χ2v) is 7.23. The summed E-state index contributed by atoms with van der Waals surface area (Å²) in [6, 6.07) is 15.2. The average molecular weight is 437 g/mol. The maximum absolute atomic E-state index is 13.8. The smallest absolute Gasteiger partial charge is 0.322 e. The van der Waals surface area contributed by atoms with Crippen molar-refractivity contribution in [3.05, 3.63) is 60.4 Å². The third kappa shape index (κ3) is 4.56. The Morgan fingerprint density at radius 3 is 2.34 bits per heavy atom. The number of aromatic nitrogens is 2. The van der Waals surface area contributed by atoms with Crippen molar-refractivity contribution in [2.75, 3.05) is 50.6 Å². The van der Waals surface area contributed by atoms with Gasteiger partial charge in [-0.3, -0.25) is 0 Å². The molecule has 0 radical (unpaired) electrons. The molecule has 0 bridgehead atoms. The number of methoxy groups -OCH3 is 2. The van der Waals surface area contributed by atoms with Crippen molar-refractivity contribution in [2.24, 2.45) is 0 Å². The molecule has 0 aliphatic carbocycles. The third-order valence-electron chi connectivity index (χ3n) is 5.34. The lowest BCUT2D eigenvalue weighted by Crippen LogP contribution is -2.50. The Labute approximate surface area is 185 Å². The molecule has 2 heterocycles. The van der Waals surface area contributed by atoms with Crippen LogP contribution in [0.15, 0.2) is 54.6 Å². The van der Waals surface area contributed by atoms with E-state index in [1.807, 2.05) is 30.3 Å². The van der Waals surface area contributed by atoms with Gasteiger partial charge in [0.15, 0.2) is 17.3 Å². The maximum Gasteiger partial charge on any atom is 0.322 e. The summed E-state index contributed by atoms with van der Waals surface area (Å²) in [5.74, 6) is 1.56. The molecule has 0 saturated carbocycles. The van der Waals surface area contributed by atoms with Crippen LogP contribution in [-0.4, -0.2) is 61.5 Å². The van der Waals surface area contributed by atoms with E-state index in [2.05, 4.69) is 20.4 Å². The number of benzene rings is 2. The highest BCUT2D eigenvalue weighted by Crippen LogP contribution is 2.31. The van der Waals surface area contributed by atoms with Gasteiger partial charge < -0.3 is 24.6 Å². The molecule has 1 N–H and O–H groups in total. The Balaban J connectivity index is 1.37. The highest BCUT2D eigenvalue weighted by molar-refractivity contribution is 5.89. The summed E-state index contributed by atoms with van der Waals surface area (Å²) in [6.07, 6.45) is 0. The molecule has 0 unspecified atom stereocenters. The first kappa shape index (κ1) is 21.4. The fourth-order valence-electron chi connectivity index (χ4n) is 3.54. The zero-order chi connectivity index (χ0) is 22.5. The number of hydrogen-bond donors (Lipinski definition) is 1. The molecule has 1 aliphatic heterocycles. The maximum atomic E-state index is 13.8. The fraction of sp³-hybridized carbons (Fsp3) is 0.261. The number of carbonyl (C=O) groups excluding carboxylic acids is 1. The number of rotatable bonds is 5. The number of anilines is 2. The number of nitrogens with one attached hydrogen (secondary N) is 1. The number of urea groups is 1.